The third-order valence-corrected chi connectivity index (χ3v) is 9.01. The van der Waals surface area contributed by atoms with E-state index in [1.165, 1.54) is 32.6 Å². The molecule has 0 heterocycles. The number of rotatable bonds is 6. The van der Waals surface area contributed by atoms with Crippen molar-refractivity contribution in [3.8, 4) is 0 Å². The fraction of sp³-hybridized carbons (Fsp3) is 0.700. The summed E-state index contributed by atoms with van der Waals surface area (Å²) in [4.78, 5) is 11.4. The van der Waals surface area contributed by atoms with Gasteiger partial charge in [0.05, 0.1) is 0 Å². The Morgan fingerprint density at radius 3 is 2.52 bits per heavy atom. The van der Waals surface area contributed by atoms with Crippen LogP contribution >= 0.6 is 0 Å². The highest BCUT2D eigenvalue weighted by Crippen LogP contribution is 2.59. The van der Waals surface area contributed by atoms with Crippen molar-refractivity contribution in [3.05, 3.63) is 47.6 Å². The van der Waals surface area contributed by atoms with Crippen molar-refractivity contribution < 1.29 is 14.6 Å². The van der Waals surface area contributed by atoms with Gasteiger partial charge in [0, 0.05) is 19.8 Å². The molecular formula is C30H46O3. The van der Waals surface area contributed by atoms with Crippen LogP contribution in [0.3, 0.4) is 0 Å². The smallest absolute Gasteiger partial charge is 0.305 e. The summed E-state index contributed by atoms with van der Waals surface area (Å²) in [7, 11) is 0. The van der Waals surface area contributed by atoms with Crippen LogP contribution in [0.15, 0.2) is 47.6 Å². The van der Waals surface area contributed by atoms with Crippen LogP contribution in [0, 0.1) is 35.0 Å². The zero-order valence-electron chi connectivity index (χ0n) is 21.8. The van der Waals surface area contributed by atoms with Crippen molar-refractivity contribution >= 4 is 5.97 Å². The van der Waals surface area contributed by atoms with E-state index in [4.69, 9.17) is 4.74 Å². The van der Waals surface area contributed by atoms with Gasteiger partial charge < -0.3 is 9.84 Å². The van der Waals surface area contributed by atoms with Crippen LogP contribution in [0.2, 0.25) is 0 Å². The quantitative estimate of drug-likeness (QED) is 0.256. The third-order valence-electron chi connectivity index (χ3n) is 9.01. The summed E-state index contributed by atoms with van der Waals surface area (Å²) < 4.78 is 5.24. The van der Waals surface area contributed by atoms with Crippen molar-refractivity contribution in [3.63, 3.8) is 0 Å². The summed E-state index contributed by atoms with van der Waals surface area (Å²) in [5, 5.41) is 10.7. The van der Waals surface area contributed by atoms with Gasteiger partial charge in [0.15, 0.2) is 0 Å². The van der Waals surface area contributed by atoms with Crippen LogP contribution in [0.5, 0.6) is 0 Å². The summed E-state index contributed by atoms with van der Waals surface area (Å²) in [6.45, 7) is 17.4. The van der Waals surface area contributed by atoms with Crippen molar-refractivity contribution in [1.82, 2.24) is 0 Å². The summed E-state index contributed by atoms with van der Waals surface area (Å²) in [6.07, 6.45) is 17.1. The molecule has 0 spiro atoms. The first-order valence-corrected chi connectivity index (χ1v) is 13.1. The lowest BCUT2D eigenvalue weighted by molar-refractivity contribution is -0.210. The molecule has 0 unspecified atom stereocenters. The van der Waals surface area contributed by atoms with Gasteiger partial charge >= 0.3 is 5.97 Å². The monoisotopic (exact) mass is 454 g/mol. The largest absolute Gasteiger partial charge is 0.433 e. The van der Waals surface area contributed by atoms with Crippen molar-refractivity contribution in [1.29, 1.82) is 0 Å². The van der Waals surface area contributed by atoms with Crippen LogP contribution in [0.1, 0.15) is 92.9 Å². The van der Waals surface area contributed by atoms with Crippen LogP contribution < -0.4 is 0 Å². The summed E-state index contributed by atoms with van der Waals surface area (Å²) in [5.74, 6) is 1.45. The zero-order valence-corrected chi connectivity index (χ0v) is 21.8. The molecule has 0 aromatic heterocycles. The van der Waals surface area contributed by atoms with Crippen LogP contribution in [0.25, 0.3) is 0 Å². The van der Waals surface area contributed by atoms with E-state index in [0.29, 0.717) is 48.3 Å². The second-order valence-corrected chi connectivity index (χ2v) is 11.7. The number of fused-ring (bicyclic) bond motifs is 1. The standard InChI is InChI=1S/C30H46O3/c1-20(2)21(3)10-11-23(5)27-14-15-28-25(9-8-17-29(27,28)7)12-13-26-19-30(32,33-24(6)31)18-16-22(26)4/h10-13,20-21,23,27-28,32H,4,8-9,14-19H2,1-3,5-7H3/b11-10+,25-12+,26-13-/t21-,23+,27+,28-,29+,30-/m0/s1. The molecule has 0 amide bonds. The molecule has 0 saturated heterocycles. The molecule has 0 radical (unpaired) electrons. The van der Waals surface area contributed by atoms with Gasteiger partial charge in [-0.2, -0.15) is 0 Å². The topological polar surface area (TPSA) is 46.5 Å². The molecular weight excluding hydrogens is 408 g/mol. The minimum atomic E-state index is -1.40. The average Bonchev–Trinajstić information content (AvgIpc) is 3.09. The van der Waals surface area contributed by atoms with E-state index in [1.807, 2.05) is 0 Å². The minimum Gasteiger partial charge on any atom is -0.433 e. The number of esters is 1. The molecule has 1 N–H and O–H groups in total. The molecule has 0 bridgehead atoms. The lowest BCUT2D eigenvalue weighted by Crippen LogP contribution is -2.37. The highest BCUT2D eigenvalue weighted by molar-refractivity contribution is 5.66. The maximum absolute atomic E-state index is 11.4. The van der Waals surface area contributed by atoms with E-state index < -0.39 is 11.8 Å². The average molecular weight is 455 g/mol. The number of hydrogen-bond donors (Lipinski definition) is 1. The second-order valence-electron chi connectivity index (χ2n) is 11.7. The molecule has 0 aliphatic heterocycles. The molecule has 0 aromatic carbocycles. The molecule has 3 aliphatic carbocycles. The van der Waals surface area contributed by atoms with E-state index in [-0.39, 0.29) is 0 Å². The second kappa shape index (κ2) is 10.3. The normalized spacial score (nSPS) is 37.0. The molecule has 33 heavy (non-hydrogen) atoms. The van der Waals surface area contributed by atoms with Crippen LogP contribution in [-0.2, 0) is 9.53 Å². The molecule has 184 valence electrons. The third kappa shape index (κ3) is 5.91. The number of carbonyl (C=O) groups excluding carboxylic acids is 1. The van der Waals surface area contributed by atoms with Gasteiger partial charge in [-0.15, -0.1) is 0 Å². The van der Waals surface area contributed by atoms with Gasteiger partial charge in [-0.05, 0) is 79.1 Å². The lowest BCUT2D eigenvalue weighted by Gasteiger charge is -2.44. The highest BCUT2D eigenvalue weighted by Gasteiger charge is 2.50. The van der Waals surface area contributed by atoms with E-state index in [2.05, 4.69) is 65.5 Å². The van der Waals surface area contributed by atoms with Crippen molar-refractivity contribution in [2.75, 3.05) is 0 Å². The van der Waals surface area contributed by atoms with Crippen LogP contribution in [-0.4, -0.2) is 16.9 Å². The minimum absolute atomic E-state index is 0.329. The van der Waals surface area contributed by atoms with Gasteiger partial charge in [-0.3, -0.25) is 4.79 Å². The highest BCUT2D eigenvalue weighted by atomic mass is 16.7. The molecule has 3 nitrogen and oxygen atoms in total. The van der Waals surface area contributed by atoms with Crippen molar-refractivity contribution in [2.24, 2.45) is 35.0 Å². The fourth-order valence-corrected chi connectivity index (χ4v) is 6.61. The van der Waals surface area contributed by atoms with Crippen LogP contribution in [0.4, 0.5) is 0 Å². The summed E-state index contributed by atoms with van der Waals surface area (Å²) in [5.41, 5.74) is 3.97. The first kappa shape index (κ1) is 26.0. The Morgan fingerprint density at radius 2 is 1.85 bits per heavy atom. The Hall–Kier alpha value is -1.61. The fourth-order valence-electron chi connectivity index (χ4n) is 6.61. The molecule has 3 rings (SSSR count). The van der Waals surface area contributed by atoms with Gasteiger partial charge in [0.2, 0.25) is 5.79 Å². The summed E-state index contributed by atoms with van der Waals surface area (Å²) in [6, 6.07) is 0. The lowest BCUT2D eigenvalue weighted by atomic mass is 9.61. The van der Waals surface area contributed by atoms with E-state index in [1.54, 1.807) is 5.57 Å². The number of aliphatic hydroxyl groups is 1. The molecule has 0 aromatic rings. The maximum atomic E-state index is 11.4. The molecule has 3 aliphatic rings. The van der Waals surface area contributed by atoms with E-state index in [9.17, 15) is 9.90 Å². The molecule has 3 saturated carbocycles. The first-order valence-electron chi connectivity index (χ1n) is 13.1. The van der Waals surface area contributed by atoms with Gasteiger partial charge in [-0.1, -0.05) is 76.6 Å². The SMILES string of the molecule is C=C1CC[C@](O)(OC(C)=O)C/C1=C/C=C1\CCC[C@]2(C)[C@@H]([C@H](C)/C=C/[C@H](C)C(C)C)CC[C@@H]12. The van der Waals surface area contributed by atoms with E-state index in [0.717, 1.165) is 23.5 Å². The Kier molecular flexibility index (Phi) is 8.15. The number of carbonyl (C=O) groups is 1. The number of hydrogen-bond acceptors (Lipinski definition) is 3. The Bertz CT molecular complexity index is 831. The Balaban J connectivity index is 1.77. The number of allylic oxidation sites excluding steroid dienone is 6. The van der Waals surface area contributed by atoms with Gasteiger partial charge in [0.1, 0.15) is 0 Å². The first-order chi connectivity index (χ1) is 15.4. The maximum Gasteiger partial charge on any atom is 0.305 e. The molecule has 3 heteroatoms. The number of ether oxygens (including phenoxy) is 1. The zero-order chi connectivity index (χ0) is 24.4. The summed E-state index contributed by atoms with van der Waals surface area (Å²) >= 11 is 0. The predicted octanol–water partition coefficient (Wildman–Crippen LogP) is 7.53. The Labute approximate surface area is 202 Å². The van der Waals surface area contributed by atoms with Crippen molar-refractivity contribution in [2.45, 2.75) is 98.7 Å². The molecule has 3 fully saturated rings. The van der Waals surface area contributed by atoms with Gasteiger partial charge in [-0.25, -0.2) is 0 Å². The van der Waals surface area contributed by atoms with E-state index >= 15 is 0 Å². The Morgan fingerprint density at radius 1 is 1.12 bits per heavy atom. The molecule has 6 atom stereocenters. The predicted molar refractivity (Wildman–Crippen MR) is 136 cm³/mol. The van der Waals surface area contributed by atoms with Gasteiger partial charge in [0.25, 0.3) is 0 Å².